The van der Waals surface area contributed by atoms with Crippen LogP contribution in [0.15, 0.2) is 67.0 Å². The fourth-order valence-corrected chi connectivity index (χ4v) is 3.77. The molecule has 2 N–H and O–H groups in total. The largest absolute Gasteiger partial charge is 0.355 e. The summed E-state index contributed by atoms with van der Waals surface area (Å²) >= 11 is 0. The number of carbonyl (C=O) groups excluding carboxylic acids is 1. The van der Waals surface area contributed by atoms with Crippen molar-refractivity contribution >= 4 is 5.91 Å². The second kappa shape index (κ2) is 7.56. The molecule has 4 rings (SSSR count). The molecule has 0 bridgehead atoms. The number of amides is 1. The molecule has 1 atom stereocenters. The van der Waals surface area contributed by atoms with Crippen molar-refractivity contribution < 1.29 is 4.79 Å². The Morgan fingerprint density at radius 1 is 1.08 bits per heavy atom. The summed E-state index contributed by atoms with van der Waals surface area (Å²) in [6.07, 6.45) is 4.22. The third-order valence-corrected chi connectivity index (χ3v) is 5.24. The molecule has 2 aromatic carbocycles. The Bertz CT molecular complexity index is 818. The van der Waals surface area contributed by atoms with Gasteiger partial charge in [0.2, 0.25) is 5.91 Å². The molecule has 0 aliphatic heterocycles. The molecule has 0 saturated carbocycles. The highest BCUT2D eigenvalue weighted by atomic mass is 16.1. The molecular weight excluding hydrogens is 322 g/mol. The smallest absolute Gasteiger partial charge is 0.223 e. The minimum absolute atomic E-state index is 0.0233. The fraction of sp³-hybridized carbons (Fsp3) is 0.273. The second-order valence-corrected chi connectivity index (χ2v) is 6.89. The normalized spacial score (nSPS) is 16.3. The third kappa shape index (κ3) is 3.54. The van der Waals surface area contributed by atoms with Crippen molar-refractivity contribution in [1.29, 1.82) is 0 Å². The maximum atomic E-state index is 12.8. The Kier molecular flexibility index (Phi) is 4.82. The minimum atomic E-state index is 0.0233. The molecule has 3 aromatic rings. The van der Waals surface area contributed by atoms with Crippen molar-refractivity contribution in [2.45, 2.75) is 25.2 Å². The van der Waals surface area contributed by atoms with Crippen LogP contribution in [0, 0.1) is 5.92 Å². The molecule has 0 spiro atoms. The van der Waals surface area contributed by atoms with Gasteiger partial charge >= 0.3 is 0 Å². The number of aromatic amines is 1. The van der Waals surface area contributed by atoms with E-state index in [1.54, 1.807) is 6.33 Å². The van der Waals surface area contributed by atoms with E-state index in [0.717, 1.165) is 30.7 Å². The number of H-pyrrole nitrogens is 1. The van der Waals surface area contributed by atoms with Crippen LogP contribution in [-0.4, -0.2) is 22.4 Å². The monoisotopic (exact) mass is 345 g/mol. The van der Waals surface area contributed by atoms with Crippen LogP contribution in [0.4, 0.5) is 0 Å². The molecule has 4 nitrogen and oxygen atoms in total. The van der Waals surface area contributed by atoms with E-state index in [4.69, 9.17) is 0 Å². The van der Waals surface area contributed by atoms with Gasteiger partial charge in [0.25, 0.3) is 0 Å². The number of benzene rings is 2. The number of hydrogen-bond donors (Lipinski definition) is 2. The lowest BCUT2D eigenvalue weighted by atomic mass is 9.88. The molecule has 1 unspecified atom stereocenters. The molecular formula is C22H23N3O. The van der Waals surface area contributed by atoms with Crippen LogP contribution in [0.5, 0.6) is 0 Å². The highest BCUT2D eigenvalue weighted by Gasteiger charge is 2.26. The molecule has 1 heterocycles. The van der Waals surface area contributed by atoms with E-state index in [1.165, 1.54) is 11.1 Å². The summed E-state index contributed by atoms with van der Waals surface area (Å²) in [5, 5.41) is 3.20. The summed E-state index contributed by atoms with van der Waals surface area (Å²) in [7, 11) is 0. The Hall–Kier alpha value is -2.88. The standard InChI is InChI=1S/C22H23N3O/c26-22(18-11-12-20-21(13-18)25-15-24-20)23-14-19(16-7-3-1-4-8-16)17-9-5-2-6-10-17/h1-10,15,18-19H,11-14H2,(H,23,26)(H,24,25). The van der Waals surface area contributed by atoms with E-state index in [1.807, 2.05) is 36.4 Å². The maximum absolute atomic E-state index is 12.8. The van der Waals surface area contributed by atoms with Gasteiger partial charge in [0, 0.05) is 30.5 Å². The number of nitrogens with zero attached hydrogens (tertiary/aromatic N) is 1. The van der Waals surface area contributed by atoms with Crippen LogP contribution in [0.3, 0.4) is 0 Å². The average molecular weight is 345 g/mol. The lowest BCUT2D eigenvalue weighted by Gasteiger charge is -2.23. The molecule has 0 saturated heterocycles. The summed E-state index contributed by atoms with van der Waals surface area (Å²) in [5.74, 6) is 0.324. The molecule has 26 heavy (non-hydrogen) atoms. The van der Waals surface area contributed by atoms with Gasteiger partial charge in [-0.25, -0.2) is 4.98 Å². The first-order chi connectivity index (χ1) is 12.8. The first-order valence-electron chi connectivity index (χ1n) is 9.20. The van der Waals surface area contributed by atoms with Crippen molar-refractivity contribution in [3.05, 3.63) is 89.5 Å². The highest BCUT2D eigenvalue weighted by Crippen LogP contribution is 2.25. The van der Waals surface area contributed by atoms with Crippen molar-refractivity contribution in [3.63, 3.8) is 0 Å². The average Bonchev–Trinajstić information content (AvgIpc) is 3.17. The molecule has 1 amide bonds. The predicted octanol–water partition coefficient (Wildman–Crippen LogP) is 3.46. The van der Waals surface area contributed by atoms with Gasteiger partial charge in [-0.05, 0) is 24.0 Å². The highest BCUT2D eigenvalue weighted by molar-refractivity contribution is 5.79. The van der Waals surface area contributed by atoms with Crippen molar-refractivity contribution in [2.75, 3.05) is 6.54 Å². The first-order valence-corrected chi connectivity index (χ1v) is 9.20. The van der Waals surface area contributed by atoms with Gasteiger partial charge in [-0.3, -0.25) is 4.79 Å². The van der Waals surface area contributed by atoms with Crippen LogP contribution < -0.4 is 5.32 Å². The Labute approximate surface area is 153 Å². The minimum Gasteiger partial charge on any atom is -0.355 e. The van der Waals surface area contributed by atoms with Gasteiger partial charge in [-0.15, -0.1) is 0 Å². The van der Waals surface area contributed by atoms with Gasteiger partial charge in [0.05, 0.1) is 12.0 Å². The maximum Gasteiger partial charge on any atom is 0.223 e. The van der Waals surface area contributed by atoms with E-state index < -0.39 is 0 Å². The van der Waals surface area contributed by atoms with Crippen LogP contribution in [0.25, 0.3) is 0 Å². The number of carbonyl (C=O) groups is 1. The summed E-state index contributed by atoms with van der Waals surface area (Å²) < 4.78 is 0. The number of aryl methyl sites for hydroxylation is 1. The van der Waals surface area contributed by atoms with Gasteiger partial charge in [0.1, 0.15) is 0 Å². The summed E-state index contributed by atoms with van der Waals surface area (Å²) in [4.78, 5) is 20.2. The van der Waals surface area contributed by atoms with E-state index in [-0.39, 0.29) is 17.7 Å². The van der Waals surface area contributed by atoms with Gasteiger partial charge < -0.3 is 10.3 Å². The molecule has 0 fully saturated rings. The van der Waals surface area contributed by atoms with Gasteiger partial charge in [-0.1, -0.05) is 60.7 Å². The molecule has 0 radical (unpaired) electrons. The number of imidazole rings is 1. The van der Waals surface area contributed by atoms with E-state index in [0.29, 0.717) is 6.54 Å². The summed E-state index contributed by atoms with van der Waals surface area (Å²) in [6.45, 7) is 0.610. The van der Waals surface area contributed by atoms with Crippen LogP contribution in [-0.2, 0) is 17.6 Å². The second-order valence-electron chi connectivity index (χ2n) is 6.89. The molecule has 132 valence electrons. The van der Waals surface area contributed by atoms with Crippen molar-refractivity contribution in [3.8, 4) is 0 Å². The predicted molar refractivity (Wildman–Crippen MR) is 102 cm³/mol. The lowest BCUT2D eigenvalue weighted by molar-refractivity contribution is -0.125. The number of fused-ring (bicyclic) bond motifs is 1. The molecule has 1 aromatic heterocycles. The molecule has 4 heteroatoms. The number of nitrogens with one attached hydrogen (secondary N) is 2. The Balaban J connectivity index is 1.46. The molecule has 1 aliphatic rings. The van der Waals surface area contributed by atoms with E-state index >= 15 is 0 Å². The summed E-state index contributed by atoms with van der Waals surface area (Å²) in [5.41, 5.74) is 4.66. The van der Waals surface area contributed by atoms with Crippen LogP contribution in [0.1, 0.15) is 34.9 Å². The third-order valence-electron chi connectivity index (χ3n) is 5.24. The van der Waals surface area contributed by atoms with Crippen molar-refractivity contribution in [1.82, 2.24) is 15.3 Å². The SMILES string of the molecule is O=C(NCC(c1ccccc1)c1ccccc1)C1CCc2nc[nH]c2C1. The zero-order valence-electron chi connectivity index (χ0n) is 14.7. The Morgan fingerprint density at radius 3 is 2.38 bits per heavy atom. The zero-order valence-corrected chi connectivity index (χ0v) is 14.7. The number of rotatable bonds is 5. The first kappa shape index (κ1) is 16.6. The van der Waals surface area contributed by atoms with Crippen LogP contribution in [0.2, 0.25) is 0 Å². The fourth-order valence-electron chi connectivity index (χ4n) is 3.77. The summed E-state index contributed by atoms with van der Waals surface area (Å²) in [6, 6.07) is 20.7. The topological polar surface area (TPSA) is 57.8 Å². The van der Waals surface area contributed by atoms with Gasteiger partial charge in [0.15, 0.2) is 0 Å². The van der Waals surface area contributed by atoms with Crippen LogP contribution >= 0.6 is 0 Å². The zero-order chi connectivity index (χ0) is 17.8. The number of hydrogen-bond acceptors (Lipinski definition) is 2. The van der Waals surface area contributed by atoms with E-state index in [2.05, 4.69) is 39.6 Å². The molecule has 1 aliphatic carbocycles. The van der Waals surface area contributed by atoms with E-state index in [9.17, 15) is 4.79 Å². The Morgan fingerprint density at radius 2 is 1.73 bits per heavy atom. The number of aromatic nitrogens is 2. The quantitative estimate of drug-likeness (QED) is 0.744. The lowest BCUT2D eigenvalue weighted by Crippen LogP contribution is -2.36. The van der Waals surface area contributed by atoms with Crippen molar-refractivity contribution in [2.24, 2.45) is 5.92 Å². The van der Waals surface area contributed by atoms with Gasteiger partial charge in [-0.2, -0.15) is 0 Å².